The van der Waals surface area contributed by atoms with Gasteiger partial charge in [-0.3, -0.25) is 4.79 Å². The Morgan fingerprint density at radius 2 is 2.00 bits per heavy atom. The molecule has 6 heteroatoms. The summed E-state index contributed by atoms with van der Waals surface area (Å²) in [7, 11) is 0. The van der Waals surface area contributed by atoms with Crippen LogP contribution in [0.15, 0.2) is 36.5 Å². The number of thiophene rings is 1. The Balaban J connectivity index is 2.04. The number of benzene rings is 1. The number of fused-ring (bicyclic) bond motifs is 1. The number of ether oxygens (including phenoxy) is 1. The third-order valence-corrected chi connectivity index (χ3v) is 4.50. The molecule has 22 heavy (non-hydrogen) atoms. The lowest BCUT2D eigenvalue weighted by atomic mass is 10.2. The van der Waals surface area contributed by atoms with Gasteiger partial charge in [0.05, 0.1) is 11.1 Å². The van der Waals surface area contributed by atoms with Gasteiger partial charge in [-0.1, -0.05) is 19.1 Å². The monoisotopic (exact) mass is 313 g/mol. The minimum Gasteiger partial charge on any atom is -0.456 e. The molecule has 0 aliphatic rings. The van der Waals surface area contributed by atoms with Gasteiger partial charge < -0.3 is 16.2 Å². The Hall–Kier alpha value is -2.60. The average Bonchev–Trinajstić information content (AvgIpc) is 2.86. The van der Waals surface area contributed by atoms with Crippen LogP contribution in [0.25, 0.3) is 10.2 Å². The van der Waals surface area contributed by atoms with Gasteiger partial charge >= 0.3 is 0 Å². The molecular weight excluding hydrogens is 298 g/mol. The summed E-state index contributed by atoms with van der Waals surface area (Å²) in [6.07, 6.45) is 2.60. The quantitative estimate of drug-likeness (QED) is 0.773. The number of primary amides is 1. The fraction of sp³-hybridized carbons (Fsp3) is 0.125. The van der Waals surface area contributed by atoms with Crippen molar-refractivity contribution in [1.29, 1.82) is 0 Å². The van der Waals surface area contributed by atoms with Crippen LogP contribution in [0.5, 0.6) is 11.5 Å². The van der Waals surface area contributed by atoms with Crippen LogP contribution in [0.2, 0.25) is 0 Å². The normalized spacial score (nSPS) is 10.8. The average molecular weight is 313 g/mol. The number of aryl methyl sites for hydroxylation is 1. The van der Waals surface area contributed by atoms with E-state index in [4.69, 9.17) is 16.2 Å². The van der Waals surface area contributed by atoms with Crippen LogP contribution in [-0.4, -0.2) is 10.9 Å². The van der Waals surface area contributed by atoms with Crippen molar-refractivity contribution in [2.75, 3.05) is 5.73 Å². The molecule has 3 rings (SSSR count). The fourth-order valence-corrected chi connectivity index (χ4v) is 3.14. The predicted molar refractivity (Wildman–Crippen MR) is 88.4 cm³/mol. The predicted octanol–water partition coefficient (Wildman–Crippen LogP) is 3.33. The van der Waals surface area contributed by atoms with Crippen molar-refractivity contribution in [2.45, 2.75) is 13.3 Å². The van der Waals surface area contributed by atoms with E-state index in [0.717, 1.165) is 6.42 Å². The van der Waals surface area contributed by atoms with Gasteiger partial charge in [0.15, 0.2) is 0 Å². The van der Waals surface area contributed by atoms with E-state index in [1.165, 1.54) is 16.9 Å². The van der Waals surface area contributed by atoms with Gasteiger partial charge in [-0.2, -0.15) is 0 Å². The number of rotatable bonds is 4. The number of aromatic nitrogens is 1. The van der Waals surface area contributed by atoms with Gasteiger partial charge in [0.2, 0.25) is 0 Å². The molecule has 3 aromatic rings. The van der Waals surface area contributed by atoms with Gasteiger partial charge in [-0.15, -0.1) is 11.3 Å². The summed E-state index contributed by atoms with van der Waals surface area (Å²) in [5.74, 6) is 0.713. The van der Waals surface area contributed by atoms with E-state index in [0.29, 0.717) is 32.3 Å². The van der Waals surface area contributed by atoms with Crippen LogP contribution in [-0.2, 0) is 6.42 Å². The van der Waals surface area contributed by atoms with Crippen molar-refractivity contribution < 1.29 is 9.53 Å². The van der Waals surface area contributed by atoms with E-state index in [1.54, 1.807) is 12.3 Å². The standard InChI is InChI=1S/C16H15N3O2S/c1-2-9-3-5-10(6-4-9)21-11-7-8-19-16-12(11)13(17)14(22-16)15(18)20/h3-8H,2,17H2,1H3,(H2,18,20). The third-order valence-electron chi connectivity index (χ3n) is 3.37. The van der Waals surface area contributed by atoms with Crippen LogP contribution in [0, 0.1) is 0 Å². The molecule has 0 aliphatic heterocycles. The second kappa shape index (κ2) is 5.65. The second-order valence-corrected chi connectivity index (χ2v) is 5.80. The first kappa shape index (κ1) is 14.3. The van der Waals surface area contributed by atoms with Gasteiger partial charge in [-0.05, 0) is 30.2 Å². The summed E-state index contributed by atoms with van der Waals surface area (Å²) in [5.41, 5.74) is 12.9. The van der Waals surface area contributed by atoms with E-state index in [9.17, 15) is 4.79 Å². The van der Waals surface area contributed by atoms with Crippen LogP contribution in [0.1, 0.15) is 22.2 Å². The lowest BCUT2D eigenvalue weighted by Crippen LogP contribution is -2.10. The Morgan fingerprint density at radius 1 is 1.27 bits per heavy atom. The number of amides is 1. The first-order chi connectivity index (χ1) is 10.6. The van der Waals surface area contributed by atoms with Crippen LogP contribution in [0.4, 0.5) is 5.69 Å². The topological polar surface area (TPSA) is 91.2 Å². The van der Waals surface area contributed by atoms with Crippen molar-refractivity contribution in [3.8, 4) is 11.5 Å². The fourth-order valence-electron chi connectivity index (χ4n) is 2.20. The molecule has 0 bridgehead atoms. The number of nitrogens with two attached hydrogens (primary N) is 2. The highest BCUT2D eigenvalue weighted by molar-refractivity contribution is 7.21. The molecule has 0 unspecified atom stereocenters. The molecule has 1 amide bonds. The Bertz CT molecular complexity index is 840. The second-order valence-electron chi connectivity index (χ2n) is 4.80. The highest BCUT2D eigenvalue weighted by Gasteiger charge is 2.18. The van der Waals surface area contributed by atoms with Crippen molar-refractivity contribution in [1.82, 2.24) is 4.98 Å². The van der Waals surface area contributed by atoms with Crippen LogP contribution < -0.4 is 16.2 Å². The van der Waals surface area contributed by atoms with Crippen molar-refractivity contribution in [2.24, 2.45) is 5.73 Å². The van der Waals surface area contributed by atoms with E-state index in [-0.39, 0.29) is 0 Å². The maximum Gasteiger partial charge on any atom is 0.260 e. The lowest BCUT2D eigenvalue weighted by molar-refractivity contribution is 0.100. The first-order valence-corrected chi connectivity index (χ1v) is 7.65. The summed E-state index contributed by atoms with van der Waals surface area (Å²) in [6, 6.07) is 9.56. The lowest BCUT2D eigenvalue weighted by Gasteiger charge is -2.08. The van der Waals surface area contributed by atoms with Crippen molar-refractivity contribution in [3.63, 3.8) is 0 Å². The Labute approximate surface area is 131 Å². The molecule has 4 N–H and O–H groups in total. The summed E-state index contributed by atoms with van der Waals surface area (Å²) in [5, 5.41) is 0.626. The number of nitrogens with zero attached hydrogens (tertiary/aromatic N) is 1. The molecule has 1 aromatic carbocycles. The van der Waals surface area contributed by atoms with Gasteiger partial charge in [0.1, 0.15) is 21.2 Å². The number of carbonyl (C=O) groups is 1. The van der Waals surface area contributed by atoms with Gasteiger partial charge in [0, 0.05) is 6.20 Å². The summed E-state index contributed by atoms with van der Waals surface area (Å²) < 4.78 is 5.90. The van der Waals surface area contributed by atoms with Crippen molar-refractivity contribution in [3.05, 3.63) is 47.0 Å². The molecule has 0 spiro atoms. The van der Waals surface area contributed by atoms with E-state index >= 15 is 0 Å². The Kier molecular flexibility index (Phi) is 3.68. The highest BCUT2D eigenvalue weighted by atomic mass is 32.1. The summed E-state index contributed by atoms with van der Waals surface area (Å²) in [4.78, 5) is 16.6. The van der Waals surface area contributed by atoms with E-state index < -0.39 is 5.91 Å². The molecule has 0 atom stereocenters. The highest BCUT2D eigenvalue weighted by Crippen LogP contribution is 2.39. The molecule has 0 fully saturated rings. The molecule has 0 saturated heterocycles. The van der Waals surface area contributed by atoms with Gasteiger partial charge in [0.25, 0.3) is 5.91 Å². The maximum absolute atomic E-state index is 11.4. The number of pyridine rings is 1. The number of anilines is 1. The number of hydrogen-bond donors (Lipinski definition) is 2. The molecule has 0 radical (unpaired) electrons. The SMILES string of the molecule is CCc1ccc(Oc2ccnc3sc(C(N)=O)c(N)c23)cc1. The Morgan fingerprint density at radius 3 is 2.64 bits per heavy atom. The maximum atomic E-state index is 11.4. The molecule has 2 aromatic heterocycles. The molecular formula is C16H15N3O2S. The van der Waals surface area contributed by atoms with Gasteiger partial charge in [-0.25, -0.2) is 4.98 Å². The zero-order valence-corrected chi connectivity index (χ0v) is 12.8. The number of hydrogen-bond acceptors (Lipinski definition) is 5. The zero-order valence-electron chi connectivity index (χ0n) is 12.0. The minimum atomic E-state index is -0.557. The smallest absolute Gasteiger partial charge is 0.260 e. The molecule has 2 heterocycles. The first-order valence-electron chi connectivity index (χ1n) is 6.83. The van der Waals surface area contributed by atoms with Crippen LogP contribution >= 0.6 is 11.3 Å². The largest absolute Gasteiger partial charge is 0.456 e. The molecule has 0 saturated carbocycles. The zero-order chi connectivity index (χ0) is 15.7. The molecule has 0 aliphatic carbocycles. The molecule has 5 nitrogen and oxygen atoms in total. The minimum absolute atomic E-state index is 0.305. The van der Waals surface area contributed by atoms with Crippen LogP contribution in [0.3, 0.4) is 0 Å². The number of nitrogen functional groups attached to an aromatic ring is 1. The van der Waals surface area contributed by atoms with E-state index in [1.807, 2.05) is 24.3 Å². The summed E-state index contributed by atoms with van der Waals surface area (Å²) in [6.45, 7) is 2.10. The summed E-state index contributed by atoms with van der Waals surface area (Å²) >= 11 is 1.17. The molecule has 112 valence electrons. The third kappa shape index (κ3) is 2.48. The van der Waals surface area contributed by atoms with E-state index in [2.05, 4.69) is 11.9 Å². The van der Waals surface area contributed by atoms with Crippen molar-refractivity contribution >= 4 is 33.1 Å². The number of carbonyl (C=O) groups excluding carboxylic acids is 1.